The highest BCUT2D eigenvalue weighted by Gasteiger charge is 2.23. The first-order valence-electron chi connectivity index (χ1n) is 10.7. The van der Waals surface area contributed by atoms with Gasteiger partial charge in [0.1, 0.15) is 4.21 Å². The molecule has 0 aliphatic carbocycles. The predicted molar refractivity (Wildman–Crippen MR) is 135 cm³/mol. The number of benzene rings is 3. The van der Waals surface area contributed by atoms with Crippen LogP contribution in [-0.2, 0) is 14.8 Å². The van der Waals surface area contributed by atoms with E-state index in [1.165, 1.54) is 6.07 Å². The second-order valence-electron chi connectivity index (χ2n) is 7.93. The van der Waals surface area contributed by atoms with E-state index < -0.39 is 15.9 Å². The van der Waals surface area contributed by atoms with Crippen LogP contribution in [0.15, 0.2) is 82.4 Å². The third kappa shape index (κ3) is 4.40. The van der Waals surface area contributed by atoms with Gasteiger partial charge < -0.3 is 10.2 Å². The predicted octanol–water partition coefficient (Wildman–Crippen LogP) is 5.08. The fraction of sp³-hybridized carbons (Fsp3) is 0.120. The lowest BCUT2D eigenvalue weighted by molar-refractivity contribution is -0.117. The van der Waals surface area contributed by atoms with Gasteiger partial charge in [0, 0.05) is 24.3 Å². The van der Waals surface area contributed by atoms with Crippen molar-refractivity contribution in [1.82, 2.24) is 0 Å². The molecule has 0 atom stereocenters. The zero-order valence-corrected chi connectivity index (χ0v) is 19.7. The molecule has 1 aliphatic rings. The summed E-state index contributed by atoms with van der Waals surface area (Å²) in [4.78, 5) is 26.9. The molecule has 5 rings (SSSR count). The molecule has 3 aromatic carbocycles. The Morgan fingerprint density at radius 3 is 2.32 bits per heavy atom. The molecule has 2 amide bonds. The third-order valence-corrected chi connectivity index (χ3v) is 8.41. The van der Waals surface area contributed by atoms with Gasteiger partial charge in [-0.3, -0.25) is 14.3 Å². The van der Waals surface area contributed by atoms with Gasteiger partial charge in [-0.05, 0) is 65.0 Å². The number of anilines is 3. The van der Waals surface area contributed by atoms with E-state index in [1.54, 1.807) is 52.7 Å². The van der Waals surface area contributed by atoms with Gasteiger partial charge >= 0.3 is 0 Å². The van der Waals surface area contributed by atoms with E-state index in [1.807, 2.05) is 24.3 Å². The second kappa shape index (κ2) is 8.92. The largest absolute Gasteiger partial charge is 0.322 e. The van der Waals surface area contributed by atoms with Gasteiger partial charge in [-0.25, -0.2) is 8.42 Å². The topological polar surface area (TPSA) is 95.6 Å². The van der Waals surface area contributed by atoms with Crippen LogP contribution in [0.3, 0.4) is 0 Å². The Kier molecular flexibility index (Phi) is 5.80. The molecule has 1 aromatic heterocycles. The molecule has 2 N–H and O–H groups in total. The molecule has 4 aromatic rings. The average Bonchev–Trinajstić information content (AvgIpc) is 3.51. The maximum absolute atomic E-state index is 13.2. The Labute approximate surface area is 201 Å². The summed E-state index contributed by atoms with van der Waals surface area (Å²) in [5, 5.41) is 6.14. The number of hydrogen-bond acceptors (Lipinski definition) is 5. The maximum atomic E-state index is 13.2. The van der Waals surface area contributed by atoms with Crippen LogP contribution in [0.2, 0.25) is 0 Å². The molecule has 34 heavy (non-hydrogen) atoms. The van der Waals surface area contributed by atoms with Crippen molar-refractivity contribution < 1.29 is 18.0 Å². The van der Waals surface area contributed by atoms with Crippen molar-refractivity contribution in [2.24, 2.45) is 0 Å². The molecule has 1 saturated heterocycles. The highest BCUT2D eigenvalue weighted by Crippen LogP contribution is 2.29. The standard InChI is InChI=1S/C25H21N3O4S2/c29-23-7-3-13-28(23)20-11-9-19(10-12-20)26-25(30)21-15-17-5-1-2-6-18(17)16-22(21)27-34(31,32)24-8-4-14-33-24/h1-2,4-6,8-12,14-16,27H,3,7,13H2,(H,26,30). The van der Waals surface area contributed by atoms with Crippen LogP contribution in [0.4, 0.5) is 17.1 Å². The van der Waals surface area contributed by atoms with E-state index >= 15 is 0 Å². The van der Waals surface area contributed by atoms with Gasteiger partial charge in [0.15, 0.2) is 0 Å². The van der Waals surface area contributed by atoms with Crippen molar-refractivity contribution in [3.05, 3.63) is 83.7 Å². The van der Waals surface area contributed by atoms with E-state index in [-0.39, 0.29) is 21.4 Å². The summed E-state index contributed by atoms with van der Waals surface area (Å²) < 4.78 is 28.5. The quantitative estimate of drug-likeness (QED) is 0.393. The van der Waals surface area contributed by atoms with Crippen LogP contribution < -0.4 is 14.9 Å². The van der Waals surface area contributed by atoms with Crippen LogP contribution >= 0.6 is 11.3 Å². The molecular weight excluding hydrogens is 470 g/mol. The van der Waals surface area contributed by atoms with Crippen molar-refractivity contribution in [2.75, 3.05) is 21.5 Å². The van der Waals surface area contributed by atoms with Crippen LogP contribution in [-0.4, -0.2) is 26.8 Å². The minimum Gasteiger partial charge on any atom is -0.322 e. The number of rotatable bonds is 6. The van der Waals surface area contributed by atoms with Gasteiger partial charge in [-0.15, -0.1) is 11.3 Å². The number of carbonyl (C=O) groups is 2. The van der Waals surface area contributed by atoms with E-state index in [4.69, 9.17) is 0 Å². The number of thiophene rings is 1. The number of sulfonamides is 1. The molecule has 0 unspecified atom stereocenters. The Morgan fingerprint density at radius 1 is 0.941 bits per heavy atom. The summed E-state index contributed by atoms with van der Waals surface area (Å²) in [5.74, 6) is -0.352. The molecule has 0 radical (unpaired) electrons. The molecule has 0 bridgehead atoms. The monoisotopic (exact) mass is 491 g/mol. The molecule has 7 nitrogen and oxygen atoms in total. The van der Waals surface area contributed by atoms with Crippen molar-refractivity contribution >= 4 is 61.0 Å². The van der Waals surface area contributed by atoms with E-state index in [9.17, 15) is 18.0 Å². The van der Waals surface area contributed by atoms with Crippen LogP contribution in [0.25, 0.3) is 10.8 Å². The molecule has 172 valence electrons. The third-order valence-electron chi connectivity index (χ3n) is 5.65. The van der Waals surface area contributed by atoms with Crippen molar-refractivity contribution in [1.29, 1.82) is 0 Å². The molecular formula is C25H21N3O4S2. The van der Waals surface area contributed by atoms with E-state index in [2.05, 4.69) is 10.0 Å². The SMILES string of the molecule is O=C(Nc1ccc(N2CCCC2=O)cc1)c1cc2ccccc2cc1NS(=O)(=O)c1cccs1. The minimum absolute atomic E-state index is 0.0932. The summed E-state index contributed by atoms with van der Waals surface area (Å²) in [6.07, 6.45) is 1.38. The highest BCUT2D eigenvalue weighted by molar-refractivity contribution is 7.94. The summed E-state index contributed by atoms with van der Waals surface area (Å²) >= 11 is 1.10. The zero-order valence-electron chi connectivity index (χ0n) is 18.0. The minimum atomic E-state index is -3.84. The van der Waals surface area contributed by atoms with Gasteiger partial charge in [-0.1, -0.05) is 30.3 Å². The summed E-state index contributed by atoms with van der Waals surface area (Å²) in [5.41, 5.74) is 1.73. The highest BCUT2D eigenvalue weighted by atomic mass is 32.2. The number of hydrogen-bond donors (Lipinski definition) is 2. The van der Waals surface area contributed by atoms with Gasteiger partial charge in [-0.2, -0.15) is 0 Å². The fourth-order valence-corrected chi connectivity index (χ4v) is 6.03. The molecule has 9 heteroatoms. The lowest BCUT2D eigenvalue weighted by Crippen LogP contribution is -2.23. The van der Waals surface area contributed by atoms with Crippen molar-refractivity contribution in [3.8, 4) is 0 Å². The second-order valence-corrected chi connectivity index (χ2v) is 10.8. The van der Waals surface area contributed by atoms with Crippen molar-refractivity contribution in [3.63, 3.8) is 0 Å². The average molecular weight is 492 g/mol. The number of carbonyl (C=O) groups excluding carboxylic acids is 2. The Bertz CT molecular complexity index is 1480. The summed E-state index contributed by atoms with van der Waals surface area (Å²) in [6, 6.07) is 21.0. The van der Waals surface area contributed by atoms with Gasteiger partial charge in [0.2, 0.25) is 5.91 Å². The normalized spacial score (nSPS) is 13.9. The zero-order chi connectivity index (χ0) is 23.7. The smallest absolute Gasteiger partial charge is 0.271 e. The molecule has 1 fully saturated rings. The molecule has 2 heterocycles. The van der Waals surface area contributed by atoms with Crippen LogP contribution in [0, 0.1) is 0 Å². The Hall–Kier alpha value is -3.69. The number of amides is 2. The summed E-state index contributed by atoms with van der Waals surface area (Å²) in [7, 11) is -3.84. The molecule has 0 saturated carbocycles. The fourth-order valence-electron chi connectivity index (χ4n) is 3.97. The summed E-state index contributed by atoms with van der Waals surface area (Å²) in [6.45, 7) is 0.690. The maximum Gasteiger partial charge on any atom is 0.271 e. The van der Waals surface area contributed by atoms with Gasteiger partial charge in [0.05, 0.1) is 11.3 Å². The first-order chi connectivity index (χ1) is 16.4. The first-order valence-corrected chi connectivity index (χ1v) is 13.1. The molecule has 1 aliphatic heterocycles. The van der Waals surface area contributed by atoms with Crippen molar-refractivity contribution in [2.45, 2.75) is 17.1 Å². The number of nitrogens with one attached hydrogen (secondary N) is 2. The number of fused-ring (bicyclic) bond motifs is 1. The lowest BCUT2D eigenvalue weighted by Gasteiger charge is -2.17. The van der Waals surface area contributed by atoms with Crippen LogP contribution in [0.5, 0.6) is 0 Å². The van der Waals surface area contributed by atoms with E-state index in [0.29, 0.717) is 18.7 Å². The first kappa shape index (κ1) is 22.1. The lowest BCUT2D eigenvalue weighted by atomic mass is 10.0. The number of nitrogens with zero attached hydrogens (tertiary/aromatic N) is 1. The Balaban J connectivity index is 1.45. The van der Waals surface area contributed by atoms with E-state index in [0.717, 1.165) is 34.2 Å². The van der Waals surface area contributed by atoms with Gasteiger partial charge in [0.25, 0.3) is 15.9 Å². The molecule has 0 spiro atoms. The van der Waals surface area contributed by atoms with Crippen LogP contribution in [0.1, 0.15) is 23.2 Å². The Morgan fingerprint density at radius 2 is 1.68 bits per heavy atom.